The fraction of sp³-hybridized carbons (Fsp3) is 0.640. The van der Waals surface area contributed by atoms with E-state index in [4.69, 9.17) is 14.2 Å². The second-order valence-corrected chi connectivity index (χ2v) is 9.10. The zero-order valence-corrected chi connectivity index (χ0v) is 21.0. The van der Waals surface area contributed by atoms with E-state index in [9.17, 15) is 14.7 Å². The molecule has 3 atom stereocenters. The van der Waals surface area contributed by atoms with E-state index in [1.54, 1.807) is 43.1 Å². The monoisotopic (exact) mass is 488 g/mol. The molecule has 3 heterocycles. The highest BCUT2D eigenvalue weighted by molar-refractivity contribution is 5.97. The lowest BCUT2D eigenvalue weighted by molar-refractivity contribution is -0.133. The maximum absolute atomic E-state index is 13.4. The van der Waals surface area contributed by atoms with Crippen LogP contribution in [0, 0.1) is 17.8 Å². The molecule has 1 aromatic rings. The molecule has 35 heavy (non-hydrogen) atoms. The van der Waals surface area contributed by atoms with Crippen LogP contribution < -0.4 is 4.74 Å². The Morgan fingerprint density at radius 3 is 2.83 bits per heavy atom. The molecule has 0 unspecified atom stereocenters. The number of carbonyl (C=O) groups excluding carboxylic acids is 2. The van der Waals surface area contributed by atoms with Crippen molar-refractivity contribution in [1.29, 1.82) is 0 Å². The van der Waals surface area contributed by atoms with Gasteiger partial charge in [-0.1, -0.05) is 18.8 Å². The highest BCUT2D eigenvalue weighted by Crippen LogP contribution is 2.27. The fourth-order valence-corrected chi connectivity index (χ4v) is 4.04. The molecule has 2 aliphatic heterocycles. The third kappa shape index (κ3) is 7.15. The van der Waals surface area contributed by atoms with E-state index < -0.39 is 6.10 Å². The topological polar surface area (TPSA) is 105 Å². The summed E-state index contributed by atoms with van der Waals surface area (Å²) in [4.78, 5) is 36.1. The van der Waals surface area contributed by atoms with Gasteiger partial charge in [-0.05, 0) is 13.0 Å². The molecular weight excluding hydrogens is 452 g/mol. The first kappa shape index (κ1) is 26.9. The van der Waals surface area contributed by atoms with Crippen molar-refractivity contribution in [2.75, 3.05) is 73.3 Å². The van der Waals surface area contributed by atoms with Crippen molar-refractivity contribution in [1.82, 2.24) is 19.7 Å². The Hall–Kier alpha value is -2.71. The lowest BCUT2D eigenvalue weighted by Gasteiger charge is -2.38. The maximum atomic E-state index is 13.4. The standard InChI is InChI=1S/C25H36N4O6/c1-18-14-29(19(2)17-30)25(32)21-12-20(6-5-9-33-4)13-26-24(21)35-22(18)15-27(3)23(31)16-28-7-10-34-11-8-28/h12-13,18-19,22,30H,7-11,14-17H2,1-4H3/t18-,19-,22+/m0/s1. The summed E-state index contributed by atoms with van der Waals surface area (Å²) in [6, 6.07) is 1.27. The van der Waals surface area contributed by atoms with Crippen LogP contribution in [0.25, 0.3) is 0 Å². The smallest absolute Gasteiger partial charge is 0.259 e. The number of morpholine rings is 1. The van der Waals surface area contributed by atoms with Crippen LogP contribution in [0.3, 0.4) is 0 Å². The van der Waals surface area contributed by atoms with Crippen LogP contribution in [-0.2, 0) is 14.3 Å². The number of likely N-dealkylation sites (N-methyl/N-ethyl adjacent to an activating group) is 1. The second kappa shape index (κ2) is 12.8. The number of amides is 2. The minimum atomic E-state index is -0.396. The van der Waals surface area contributed by atoms with Crippen molar-refractivity contribution in [3.8, 4) is 17.7 Å². The van der Waals surface area contributed by atoms with Crippen molar-refractivity contribution in [3.63, 3.8) is 0 Å². The molecule has 0 bridgehead atoms. The zero-order valence-electron chi connectivity index (χ0n) is 21.0. The van der Waals surface area contributed by atoms with Crippen molar-refractivity contribution in [2.24, 2.45) is 5.92 Å². The molecule has 3 rings (SSSR count). The number of aliphatic hydroxyl groups is 1. The zero-order chi connectivity index (χ0) is 25.4. The van der Waals surface area contributed by atoms with Gasteiger partial charge < -0.3 is 29.1 Å². The quantitative estimate of drug-likeness (QED) is 0.539. The highest BCUT2D eigenvalue weighted by atomic mass is 16.5. The molecule has 0 aromatic carbocycles. The number of nitrogens with zero attached hydrogens (tertiary/aromatic N) is 4. The predicted molar refractivity (Wildman–Crippen MR) is 129 cm³/mol. The average molecular weight is 489 g/mol. The minimum absolute atomic E-state index is 0.00151. The van der Waals surface area contributed by atoms with Crippen molar-refractivity contribution in [3.05, 3.63) is 23.4 Å². The molecule has 1 N–H and O–H groups in total. The highest BCUT2D eigenvalue weighted by Gasteiger charge is 2.34. The Bertz CT molecular complexity index is 940. The summed E-state index contributed by atoms with van der Waals surface area (Å²) < 4.78 is 16.6. The minimum Gasteiger partial charge on any atom is -0.472 e. The number of hydrogen-bond acceptors (Lipinski definition) is 8. The summed E-state index contributed by atoms with van der Waals surface area (Å²) in [5, 5.41) is 9.80. The summed E-state index contributed by atoms with van der Waals surface area (Å²) in [7, 11) is 3.32. The second-order valence-electron chi connectivity index (χ2n) is 9.10. The molecule has 0 spiro atoms. The largest absolute Gasteiger partial charge is 0.472 e. The van der Waals surface area contributed by atoms with E-state index in [0.29, 0.717) is 38.4 Å². The summed E-state index contributed by atoms with van der Waals surface area (Å²) in [5.41, 5.74) is 0.853. The summed E-state index contributed by atoms with van der Waals surface area (Å²) >= 11 is 0. The number of aromatic nitrogens is 1. The SMILES string of the molecule is COCC#Cc1cnc2c(c1)C(=O)N([C@@H](C)CO)C[C@H](C)[C@@H](CN(C)C(=O)CN1CCOCC1)O2. The number of fused-ring (bicyclic) bond motifs is 1. The molecule has 1 aromatic heterocycles. The molecular formula is C25H36N4O6. The molecule has 0 saturated carbocycles. The number of aliphatic hydroxyl groups excluding tert-OH is 1. The van der Waals surface area contributed by atoms with Crippen LogP contribution in [-0.4, -0.2) is 122 Å². The van der Waals surface area contributed by atoms with Gasteiger partial charge in [0.15, 0.2) is 0 Å². The summed E-state index contributed by atoms with van der Waals surface area (Å²) in [6.07, 6.45) is 1.16. The molecule has 0 aliphatic carbocycles. The maximum Gasteiger partial charge on any atom is 0.259 e. The molecule has 1 fully saturated rings. The first-order chi connectivity index (χ1) is 16.8. The van der Waals surface area contributed by atoms with E-state index in [-0.39, 0.29) is 48.4 Å². The average Bonchev–Trinajstić information content (AvgIpc) is 2.86. The van der Waals surface area contributed by atoms with Gasteiger partial charge >= 0.3 is 0 Å². The van der Waals surface area contributed by atoms with Gasteiger partial charge in [-0.25, -0.2) is 4.98 Å². The fourth-order valence-electron chi connectivity index (χ4n) is 4.04. The van der Waals surface area contributed by atoms with E-state index in [1.807, 2.05) is 6.92 Å². The molecule has 2 aliphatic rings. The van der Waals surface area contributed by atoms with Gasteiger partial charge in [-0.3, -0.25) is 14.5 Å². The Morgan fingerprint density at radius 2 is 2.14 bits per heavy atom. The number of rotatable bonds is 7. The van der Waals surface area contributed by atoms with Gasteiger partial charge in [-0.15, -0.1) is 0 Å². The van der Waals surface area contributed by atoms with Gasteiger partial charge in [0, 0.05) is 51.5 Å². The van der Waals surface area contributed by atoms with Crippen molar-refractivity contribution < 1.29 is 28.9 Å². The number of hydrogen-bond donors (Lipinski definition) is 1. The van der Waals surface area contributed by atoms with Gasteiger partial charge in [0.05, 0.1) is 39.0 Å². The van der Waals surface area contributed by atoms with Gasteiger partial charge in [0.2, 0.25) is 11.8 Å². The Balaban J connectivity index is 1.83. The third-order valence-electron chi connectivity index (χ3n) is 6.31. The van der Waals surface area contributed by atoms with Gasteiger partial charge in [0.25, 0.3) is 5.91 Å². The van der Waals surface area contributed by atoms with Crippen LogP contribution in [0.1, 0.15) is 29.8 Å². The predicted octanol–water partition coefficient (Wildman–Crippen LogP) is 0.0902. The molecule has 10 heteroatoms. The Kier molecular flexibility index (Phi) is 9.86. The van der Waals surface area contributed by atoms with Gasteiger partial charge in [0.1, 0.15) is 18.3 Å². The molecule has 2 amide bonds. The van der Waals surface area contributed by atoms with Crippen LogP contribution in [0.2, 0.25) is 0 Å². The molecule has 10 nitrogen and oxygen atoms in total. The van der Waals surface area contributed by atoms with Crippen molar-refractivity contribution in [2.45, 2.75) is 26.0 Å². The first-order valence-corrected chi connectivity index (χ1v) is 11.9. The van der Waals surface area contributed by atoms with E-state index in [2.05, 4.69) is 21.7 Å². The number of methoxy groups -OCH3 is 1. The van der Waals surface area contributed by atoms with E-state index in [0.717, 1.165) is 13.1 Å². The Labute approximate surface area is 207 Å². The van der Waals surface area contributed by atoms with Crippen LogP contribution in [0.15, 0.2) is 12.3 Å². The number of ether oxygens (including phenoxy) is 3. The van der Waals surface area contributed by atoms with Crippen LogP contribution in [0.5, 0.6) is 5.88 Å². The normalized spacial score (nSPS) is 21.6. The van der Waals surface area contributed by atoms with E-state index in [1.165, 1.54) is 0 Å². The van der Waals surface area contributed by atoms with Crippen LogP contribution in [0.4, 0.5) is 0 Å². The molecule has 192 valence electrons. The van der Waals surface area contributed by atoms with E-state index >= 15 is 0 Å². The Morgan fingerprint density at radius 1 is 1.40 bits per heavy atom. The summed E-state index contributed by atoms with van der Waals surface area (Å²) in [5.74, 6) is 5.62. The molecule has 0 radical (unpaired) electrons. The first-order valence-electron chi connectivity index (χ1n) is 11.9. The van der Waals surface area contributed by atoms with Crippen LogP contribution >= 0.6 is 0 Å². The lowest BCUT2D eigenvalue weighted by Crippen LogP contribution is -2.51. The lowest BCUT2D eigenvalue weighted by atomic mass is 10.00. The third-order valence-corrected chi connectivity index (χ3v) is 6.31. The molecule has 1 saturated heterocycles. The van der Waals surface area contributed by atoms with Crippen molar-refractivity contribution >= 4 is 11.8 Å². The summed E-state index contributed by atoms with van der Waals surface area (Å²) in [6.45, 7) is 7.65. The number of carbonyl (C=O) groups is 2. The van der Waals surface area contributed by atoms with Gasteiger partial charge in [-0.2, -0.15) is 0 Å². The number of pyridine rings is 1.